The van der Waals surface area contributed by atoms with E-state index in [9.17, 15) is 4.79 Å². The number of carbonyl (C=O) groups is 1. The molecule has 1 aromatic heterocycles. The molecule has 0 N–H and O–H groups in total. The first kappa shape index (κ1) is 11.7. The van der Waals surface area contributed by atoms with E-state index < -0.39 is 0 Å². The summed E-state index contributed by atoms with van der Waals surface area (Å²) in [5, 5.41) is 0. The largest absolute Gasteiger partial charge is 0.371 e. The third kappa shape index (κ3) is 2.12. The second kappa shape index (κ2) is 4.69. The van der Waals surface area contributed by atoms with Crippen LogP contribution in [0.15, 0.2) is 18.3 Å². The second-order valence-corrected chi connectivity index (χ2v) is 5.04. The van der Waals surface area contributed by atoms with Crippen LogP contribution in [0.5, 0.6) is 0 Å². The number of hydrogen-bond donors (Lipinski definition) is 0. The van der Waals surface area contributed by atoms with Gasteiger partial charge in [0.2, 0.25) is 0 Å². The molecule has 2 fully saturated rings. The zero-order valence-electron chi connectivity index (χ0n) is 10.6. The first-order chi connectivity index (χ1) is 8.76. The highest BCUT2D eigenvalue weighted by molar-refractivity contribution is 5.94. The summed E-state index contributed by atoms with van der Waals surface area (Å²) >= 11 is 0. The standard InChI is InChI=1S/C14H18N2O2/c1-2-14(17)13-6-3-10(7-15-13)16-8-11-4-5-12(9-16)18-11/h3,6-7,11-12H,2,4-5,8-9H2,1H3. The summed E-state index contributed by atoms with van der Waals surface area (Å²) < 4.78 is 5.81. The molecule has 0 saturated carbocycles. The maximum Gasteiger partial charge on any atom is 0.180 e. The maximum atomic E-state index is 11.5. The Bertz CT molecular complexity index is 432. The van der Waals surface area contributed by atoms with Crippen molar-refractivity contribution in [1.82, 2.24) is 4.98 Å². The molecule has 2 bridgehead atoms. The highest BCUT2D eigenvalue weighted by atomic mass is 16.5. The van der Waals surface area contributed by atoms with Crippen LogP contribution in [-0.2, 0) is 4.74 Å². The summed E-state index contributed by atoms with van der Waals surface area (Å²) in [5.41, 5.74) is 1.67. The number of hydrogen-bond acceptors (Lipinski definition) is 4. The summed E-state index contributed by atoms with van der Waals surface area (Å²) in [5.74, 6) is 0.101. The molecule has 4 heteroatoms. The van der Waals surface area contributed by atoms with Crippen molar-refractivity contribution in [3.8, 4) is 0 Å². The van der Waals surface area contributed by atoms with Gasteiger partial charge in [-0.05, 0) is 25.0 Å². The first-order valence-electron chi connectivity index (χ1n) is 6.66. The molecule has 3 heterocycles. The van der Waals surface area contributed by atoms with Crippen LogP contribution in [0.2, 0.25) is 0 Å². The molecule has 2 saturated heterocycles. The molecule has 2 aliphatic rings. The average molecular weight is 246 g/mol. The molecule has 0 spiro atoms. The Kier molecular flexibility index (Phi) is 3.04. The number of ether oxygens (including phenoxy) is 1. The predicted octanol–water partition coefficient (Wildman–Crippen LogP) is 2.04. The third-order valence-corrected chi connectivity index (χ3v) is 3.76. The molecule has 3 rings (SSSR count). The lowest BCUT2D eigenvalue weighted by atomic mass is 10.2. The van der Waals surface area contributed by atoms with Gasteiger partial charge in [0.05, 0.1) is 24.1 Å². The van der Waals surface area contributed by atoms with Crippen LogP contribution in [0.4, 0.5) is 5.69 Å². The number of fused-ring (bicyclic) bond motifs is 2. The van der Waals surface area contributed by atoms with Crippen molar-refractivity contribution >= 4 is 11.5 Å². The van der Waals surface area contributed by atoms with E-state index in [2.05, 4.69) is 9.88 Å². The van der Waals surface area contributed by atoms with Crippen LogP contribution in [0.3, 0.4) is 0 Å². The number of pyridine rings is 1. The van der Waals surface area contributed by atoms with E-state index in [1.54, 1.807) is 0 Å². The quantitative estimate of drug-likeness (QED) is 0.765. The topological polar surface area (TPSA) is 42.4 Å². The van der Waals surface area contributed by atoms with Crippen molar-refractivity contribution < 1.29 is 9.53 Å². The van der Waals surface area contributed by atoms with E-state index in [4.69, 9.17) is 4.74 Å². The fourth-order valence-electron chi connectivity index (χ4n) is 2.74. The number of Topliss-reactive ketones (excluding diaryl/α,β-unsaturated/α-hetero) is 1. The summed E-state index contributed by atoms with van der Waals surface area (Å²) in [7, 11) is 0. The lowest BCUT2D eigenvalue weighted by Crippen LogP contribution is -2.42. The van der Waals surface area contributed by atoms with Crippen molar-refractivity contribution in [2.24, 2.45) is 0 Å². The van der Waals surface area contributed by atoms with Gasteiger partial charge in [-0.3, -0.25) is 9.78 Å². The van der Waals surface area contributed by atoms with Gasteiger partial charge in [-0.1, -0.05) is 6.92 Å². The second-order valence-electron chi connectivity index (χ2n) is 5.04. The van der Waals surface area contributed by atoms with Gasteiger partial charge >= 0.3 is 0 Å². The zero-order chi connectivity index (χ0) is 12.5. The Morgan fingerprint density at radius 3 is 2.67 bits per heavy atom. The van der Waals surface area contributed by atoms with Crippen LogP contribution in [0, 0.1) is 0 Å². The number of anilines is 1. The number of aromatic nitrogens is 1. The molecule has 96 valence electrons. The molecular formula is C14H18N2O2. The van der Waals surface area contributed by atoms with Gasteiger partial charge in [0, 0.05) is 19.5 Å². The van der Waals surface area contributed by atoms with Gasteiger partial charge in [0.1, 0.15) is 5.69 Å². The van der Waals surface area contributed by atoms with E-state index in [0.717, 1.165) is 18.8 Å². The van der Waals surface area contributed by atoms with Gasteiger partial charge in [-0.15, -0.1) is 0 Å². The Balaban J connectivity index is 1.75. The molecule has 2 unspecified atom stereocenters. The number of nitrogens with zero attached hydrogens (tertiary/aromatic N) is 2. The Morgan fingerprint density at radius 1 is 1.39 bits per heavy atom. The smallest absolute Gasteiger partial charge is 0.180 e. The molecule has 0 aliphatic carbocycles. The molecule has 0 amide bonds. The number of carbonyl (C=O) groups excluding carboxylic acids is 1. The minimum atomic E-state index is 0.101. The van der Waals surface area contributed by atoms with Crippen LogP contribution in [-0.4, -0.2) is 36.1 Å². The Morgan fingerprint density at radius 2 is 2.11 bits per heavy atom. The highest BCUT2D eigenvalue weighted by Crippen LogP contribution is 2.29. The zero-order valence-corrected chi connectivity index (χ0v) is 10.6. The summed E-state index contributed by atoms with van der Waals surface area (Å²) in [6, 6.07) is 3.83. The molecule has 0 aromatic carbocycles. The molecular weight excluding hydrogens is 228 g/mol. The van der Waals surface area contributed by atoms with E-state index in [1.165, 1.54) is 12.8 Å². The Hall–Kier alpha value is -1.42. The van der Waals surface area contributed by atoms with E-state index >= 15 is 0 Å². The normalized spacial score (nSPS) is 26.4. The minimum absolute atomic E-state index is 0.101. The van der Waals surface area contributed by atoms with Crippen LogP contribution >= 0.6 is 0 Å². The van der Waals surface area contributed by atoms with Crippen LogP contribution in [0.25, 0.3) is 0 Å². The minimum Gasteiger partial charge on any atom is -0.371 e. The number of ketones is 1. The van der Waals surface area contributed by atoms with Crippen LogP contribution < -0.4 is 4.90 Å². The SMILES string of the molecule is CCC(=O)c1ccc(N2CC3CCC(C2)O3)cn1. The molecule has 2 atom stereocenters. The van der Waals surface area contributed by atoms with Gasteiger partial charge in [0.25, 0.3) is 0 Å². The van der Waals surface area contributed by atoms with Crippen molar-refractivity contribution in [2.75, 3.05) is 18.0 Å². The third-order valence-electron chi connectivity index (χ3n) is 3.76. The predicted molar refractivity (Wildman–Crippen MR) is 69.0 cm³/mol. The Labute approximate surface area is 107 Å². The van der Waals surface area contributed by atoms with E-state index in [0.29, 0.717) is 24.3 Å². The van der Waals surface area contributed by atoms with Crippen molar-refractivity contribution in [2.45, 2.75) is 38.4 Å². The molecule has 4 nitrogen and oxygen atoms in total. The van der Waals surface area contributed by atoms with Crippen molar-refractivity contribution in [3.63, 3.8) is 0 Å². The number of morpholine rings is 1. The fraction of sp³-hybridized carbons (Fsp3) is 0.571. The summed E-state index contributed by atoms with van der Waals surface area (Å²) in [6.07, 6.45) is 5.41. The summed E-state index contributed by atoms with van der Waals surface area (Å²) in [6.45, 7) is 3.75. The van der Waals surface area contributed by atoms with Gasteiger partial charge < -0.3 is 9.64 Å². The molecule has 2 aliphatic heterocycles. The molecule has 18 heavy (non-hydrogen) atoms. The first-order valence-corrected chi connectivity index (χ1v) is 6.66. The van der Waals surface area contributed by atoms with Crippen molar-refractivity contribution in [1.29, 1.82) is 0 Å². The van der Waals surface area contributed by atoms with Crippen molar-refractivity contribution in [3.05, 3.63) is 24.0 Å². The fourth-order valence-corrected chi connectivity index (χ4v) is 2.74. The maximum absolute atomic E-state index is 11.5. The number of rotatable bonds is 3. The van der Waals surface area contributed by atoms with E-state index in [1.807, 2.05) is 25.3 Å². The van der Waals surface area contributed by atoms with E-state index in [-0.39, 0.29) is 5.78 Å². The lowest BCUT2D eigenvalue weighted by Gasteiger charge is -2.33. The average Bonchev–Trinajstić information content (AvgIpc) is 2.77. The van der Waals surface area contributed by atoms with Gasteiger partial charge in [-0.2, -0.15) is 0 Å². The summed E-state index contributed by atoms with van der Waals surface area (Å²) in [4.78, 5) is 18.1. The van der Waals surface area contributed by atoms with Gasteiger partial charge in [-0.25, -0.2) is 0 Å². The molecule has 1 aromatic rings. The van der Waals surface area contributed by atoms with Crippen LogP contribution in [0.1, 0.15) is 36.7 Å². The van der Waals surface area contributed by atoms with Gasteiger partial charge in [0.15, 0.2) is 5.78 Å². The monoisotopic (exact) mass is 246 g/mol. The molecule has 0 radical (unpaired) electrons. The highest BCUT2D eigenvalue weighted by Gasteiger charge is 2.33. The lowest BCUT2D eigenvalue weighted by molar-refractivity contribution is 0.0304.